The highest BCUT2D eigenvalue weighted by molar-refractivity contribution is 5.85. The Morgan fingerprint density at radius 3 is 2.43 bits per heavy atom. The van der Waals surface area contributed by atoms with Gasteiger partial charge in [0.1, 0.15) is 12.4 Å². The molecule has 0 bridgehead atoms. The summed E-state index contributed by atoms with van der Waals surface area (Å²) in [5.41, 5.74) is 4.76. The maximum absolute atomic E-state index is 12.5. The number of fused-ring (bicyclic) bond motifs is 4. The average Bonchev–Trinajstić information content (AvgIpc) is 3.31. The number of amides is 1. The lowest BCUT2D eigenvalue weighted by molar-refractivity contribution is 0.0690. The Hall–Kier alpha value is -3.61. The van der Waals surface area contributed by atoms with E-state index >= 15 is 0 Å². The van der Waals surface area contributed by atoms with Crippen molar-refractivity contribution in [2.75, 3.05) is 6.61 Å². The normalized spacial score (nSPS) is 17.0. The van der Waals surface area contributed by atoms with Crippen molar-refractivity contribution in [3.8, 4) is 11.1 Å². The number of ether oxygens (including phenoxy) is 1. The number of imidazole rings is 1. The molecule has 0 radical (unpaired) electrons. The van der Waals surface area contributed by atoms with Gasteiger partial charge in [-0.2, -0.15) is 0 Å². The van der Waals surface area contributed by atoms with Gasteiger partial charge in [0.25, 0.3) is 0 Å². The van der Waals surface area contributed by atoms with Crippen molar-refractivity contribution in [3.05, 3.63) is 77.4 Å². The molecule has 1 amide bonds. The van der Waals surface area contributed by atoms with Crippen molar-refractivity contribution in [3.63, 3.8) is 0 Å². The molecule has 2 N–H and O–H groups in total. The van der Waals surface area contributed by atoms with Crippen LogP contribution in [0, 0.1) is 0 Å². The zero-order valence-corrected chi connectivity index (χ0v) is 16.2. The van der Waals surface area contributed by atoms with Crippen LogP contribution in [0.15, 0.2) is 54.7 Å². The number of carboxylic acid groups (broad SMARTS) is 1. The first-order chi connectivity index (χ1) is 14.6. The molecule has 1 aliphatic carbocycles. The molecule has 2 heterocycles. The molecule has 1 unspecified atom stereocenters. The smallest absolute Gasteiger partial charge is 0.407 e. The lowest BCUT2D eigenvalue weighted by atomic mass is 9.98. The fourth-order valence-electron chi connectivity index (χ4n) is 4.47. The van der Waals surface area contributed by atoms with Crippen LogP contribution in [-0.2, 0) is 17.7 Å². The van der Waals surface area contributed by atoms with E-state index in [1.165, 1.54) is 28.5 Å². The van der Waals surface area contributed by atoms with Crippen LogP contribution in [0.3, 0.4) is 0 Å². The molecule has 0 saturated carbocycles. The van der Waals surface area contributed by atoms with Crippen molar-refractivity contribution in [2.45, 2.75) is 31.3 Å². The number of carbonyl (C=O) groups excluding carboxylic acids is 1. The number of nitrogens with zero attached hydrogens (tertiary/aromatic N) is 2. The number of alkyl carbamates (subject to hydrolysis) is 1. The number of hydrogen-bond donors (Lipinski definition) is 2. The fourth-order valence-corrected chi connectivity index (χ4v) is 4.47. The first-order valence-corrected chi connectivity index (χ1v) is 10.0. The monoisotopic (exact) mass is 403 g/mol. The Balaban J connectivity index is 1.23. The van der Waals surface area contributed by atoms with Crippen LogP contribution in [-0.4, -0.2) is 39.4 Å². The number of aryl methyl sites for hydroxylation is 1. The van der Waals surface area contributed by atoms with Crippen LogP contribution in [0.1, 0.15) is 39.8 Å². The minimum absolute atomic E-state index is 0.0212. The van der Waals surface area contributed by atoms with Crippen molar-refractivity contribution in [1.82, 2.24) is 14.9 Å². The maximum atomic E-state index is 12.5. The van der Waals surface area contributed by atoms with Gasteiger partial charge in [-0.1, -0.05) is 48.5 Å². The summed E-state index contributed by atoms with van der Waals surface area (Å²) in [4.78, 5) is 27.7. The van der Waals surface area contributed by atoms with Crippen LogP contribution in [0.25, 0.3) is 11.1 Å². The third-order valence-electron chi connectivity index (χ3n) is 5.88. The van der Waals surface area contributed by atoms with Crippen molar-refractivity contribution >= 4 is 12.1 Å². The van der Waals surface area contributed by atoms with E-state index in [9.17, 15) is 9.59 Å². The summed E-state index contributed by atoms with van der Waals surface area (Å²) in [5, 5.41) is 12.0. The van der Waals surface area contributed by atoms with Crippen molar-refractivity contribution in [1.29, 1.82) is 0 Å². The topological polar surface area (TPSA) is 93.5 Å². The Morgan fingerprint density at radius 2 is 1.77 bits per heavy atom. The Kier molecular flexibility index (Phi) is 4.50. The summed E-state index contributed by atoms with van der Waals surface area (Å²) in [5.74, 6) is -0.288. The van der Waals surface area contributed by atoms with E-state index in [1.54, 1.807) is 4.57 Å². The lowest BCUT2D eigenvalue weighted by Crippen LogP contribution is -2.41. The predicted molar refractivity (Wildman–Crippen MR) is 110 cm³/mol. The second-order valence-corrected chi connectivity index (χ2v) is 7.71. The standard InChI is InChI=1S/C23H21N3O4/c27-22(28)20-12-26-11-14(9-10-21(26)25-20)24-23(29)30-13-19-17-7-3-1-5-15(17)16-6-2-4-8-18(16)19/h1-8,12,14,19H,9-11,13H2,(H,24,29)(H,27,28). The quantitative estimate of drug-likeness (QED) is 0.696. The summed E-state index contributed by atoms with van der Waals surface area (Å²) in [6.07, 6.45) is 2.37. The molecular weight excluding hydrogens is 382 g/mol. The molecule has 7 heteroatoms. The Labute approximate surface area is 173 Å². The number of carbonyl (C=O) groups is 2. The van der Waals surface area contributed by atoms with Gasteiger partial charge in [-0.05, 0) is 28.7 Å². The van der Waals surface area contributed by atoms with Crippen molar-refractivity contribution < 1.29 is 19.4 Å². The molecular formula is C23H21N3O4. The predicted octanol–water partition coefficient (Wildman–Crippen LogP) is 3.43. The third kappa shape index (κ3) is 3.22. The van der Waals surface area contributed by atoms with Gasteiger partial charge >= 0.3 is 12.1 Å². The molecule has 0 fully saturated rings. The van der Waals surface area contributed by atoms with Gasteiger partial charge in [0.05, 0.1) is 6.04 Å². The van der Waals surface area contributed by atoms with E-state index in [0.717, 1.165) is 5.82 Å². The van der Waals surface area contributed by atoms with Crippen LogP contribution in [0.4, 0.5) is 4.79 Å². The highest BCUT2D eigenvalue weighted by Crippen LogP contribution is 2.44. The first kappa shape index (κ1) is 18.4. The molecule has 30 heavy (non-hydrogen) atoms. The van der Waals surface area contributed by atoms with Gasteiger partial charge in [-0.15, -0.1) is 0 Å². The van der Waals surface area contributed by atoms with E-state index in [-0.39, 0.29) is 24.3 Å². The van der Waals surface area contributed by atoms with Gasteiger partial charge in [-0.25, -0.2) is 14.6 Å². The zero-order chi connectivity index (χ0) is 20.7. The van der Waals surface area contributed by atoms with Gasteiger partial charge in [0, 0.05) is 25.1 Å². The molecule has 7 nitrogen and oxygen atoms in total. The molecule has 1 atom stereocenters. The van der Waals surface area contributed by atoms with Gasteiger partial charge in [0.15, 0.2) is 5.69 Å². The molecule has 152 valence electrons. The second kappa shape index (κ2) is 7.33. The summed E-state index contributed by atoms with van der Waals surface area (Å²) in [6, 6.07) is 16.3. The number of nitrogens with one attached hydrogen (secondary N) is 1. The number of aromatic nitrogens is 2. The summed E-state index contributed by atoms with van der Waals surface area (Å²) in [7, 11) is 0. The molecule has 1 aliphatic heterocycles. The SMILES string of the molecule is O=C(NC1CCc2nc(C(=O)O)cn2C1)OCC1c2ccccc2-c2ccccc21. The Bertz CT molecular complexity index is 1090. The van der Waals surface area contributed by atoms with Gasteiger partial charge in [0.2, 0.25) is 0 Å². The third-order valence-corrected chi connectivity index (χ3v) is 5.88. The van der Waals surface area contributed by atoms with E-state index < -0.39 is 12.1 Å². The zero-order valence-electron chi connectivity index (χ0n) is 16.2. The maximum Gasteiger partial charge on any atom is 0.407 e. The number of rotatable bonds is 4. The highest BCUT2D eigenvalue weighted by Gasteiger charge is 2.29. The van der Waals surface area contributed by atoms with Crippen LogP contribution in [0.2, 0.25) is 0 Å². The van der Waals surface area contributed by atoms with E-state index in [4.69, 9.17) is 9.84 Å². The molecule has 1 aromatic heterocycles. The lowest BCUT2D eigenvalue weighted by Gasteiger charge is -2.24. The molecule has 5 rings (SSSR count). The number of carboxylic acids is 1. The minimum atomic E-state index is -1.04. The fraction of sp³-hybridized carbons (Fsp3) is 0.261. The minimum Gasteiger partial charge on any atom is -0.476 e. The summed E-state index contributed by atoms with van der Waals surface area (Å²) < 4.78 is 7.40. The highest BCUT2D eigenvalue weighted by atomic mass is 16.5. The van der Waals surface area contributed by atoms with Crippen LogP contribution in [0.5, 0.6) is 0 Å². The number of hydrogen-bond acceptors (Lipinski definition) is 4. The largest absolute Gasteiger partial charge is 0.476 e. The second-order valence-electron chi connectivity index (χ2n) is 7.71. The molecule has 3 aromatic rings. The molecule has 0 spiro atoms. The van der Waals surface area contributed by atoms with E-state index in [1.807, 2.05) is 24.3 Å². The van der Waals surface area contributed by atoms with Crippen molar-refractivity contribution in [2.24, 2.45) is 0 Å². The van der Waals surface area contributed by atoms with Gasteiger partial charge < -0.3 is 19.7 Å². The molecule has 0 saturated heterocycles. The van der Waals surface area contributed by atoms with Crippen LogP contribution >= 0.6 is 0 Å². The average molecular weight is 403 g/mol. The van der Waals surface area contributed by atoms with Gasteiger partial charge in [-0.3, -0.25) is 0 Å². The van der Waals surface area contributed by atoms with E-state index in [2.05, 4.69) is 34.6 Å². The summed E-state index contributed by atoms with van der Waals surface area (Å²) >= 11 is 0. The van der Waals surface area contributed by atoms with E-state index in [0.29, 0.717) is 19.4 Å². The number of aromatic carboxylic acids is 1. The molecule has 2 aliphatic rings. The molecule has 2 aromatic carbocycles. The summed E-state index contributed by atoms with van der Waals surface area (Å²) in [6.45, 7) is 0.756. The van der Waals surface area contributed by atoms with Crippen LogP contribution < -0.4 is 5.32 Å². The Morgan fingerprint density at radius 1 is 1.10 bits per heavy atom. The number of benzene rings is 2. The first-order valence-electron chi connectivity index (χ1n) is 10.0.